The second-order valence-corrected chi connectivity index (χ2v) is 4.75. The Balaban J connectivity index is 2.10. The SMILES string of the molecule is OCc1cccc(N[C@@H]2O[C@H](CO)[C@@H](O)[C@H](O)[C@H]2O)c1. The van der Waals surface area contributed by atoms with Gasteiger partial charge in [0.25, 0.3) is 0 Å². The van der Waals surface area contributed by atoms with Crippen molar-refractivity contribution in [3.8, 4) is 0 Å². The van der Waals surface area contributed by atoms with Crippen LogP contribution in [0.3, 0.4) is 0 Å². The number of aliphatic hydroxyl groups is 5. The predicted octanol–water partition coefficient (Wildman–Crippen LogP) is -1.61. The molecule has 0 aliphatic carbocycles. The molecule has 0 unspecified atom stereocenters. The van der Waals surface area contributed by atoms with E-state index in [1.807, 2.05) is 0 Å². The zero-order chi connectivity index (χ0) is 14.7. The fourth-order valence-corrected chi connectivity index (χ4v) is 2.14. The van der Waals surface area contributed by atoms with Crippen LogP contribution in [0.5, 0.6) is 0 Å². The van der Waals surface area contributed by atoms with Gasteiger partial charge in [-0.3, -0.25) is 0 Å². The van der Waals surface area contributed by atoms with Gasteiger partial charge in [-0.1, -0.05) is 12.1 Å². The summed E-state index contributed by atoms with van der Waals surface area (Å²) in [5, 5.41) is 50.2. The maximum absolute atomic E-state index is 9.88. The van der Waals surface area contributed by atoms with Crippen LogP contribution in [0.1, 0.15) is 5.56 Å². The fourth-order valence-electron chi connectivity index (χ4n) is 2.14. The van der Waals surface area contributed by atoms with E-state index in [9.17, 15) is 15.3 Å². The van der Waals surface area contributed by atoms with Crippen molar-refractivity contribution >= 4 is 5.69 Å². The first-order valence-corrected chi connectivity index (χ1v) is 6.33. The molecule has 0 amide bonds. The molecule has 1 aromatic rings. The fraction of sp³-hybridized carbons (Fsp3) is 0.538. The van der Waals surface area contributed by atoms with E-state index in [4.69, 9.17) is 14.9 Å². The summed E-state index contributed by atoms with van der Waals surface area (Å²) in [5.74, 6) is 0. The molecule has 6 N–H and O–H groups in total. The van der Waals surface area contributed by atoms with Gasteiger partial charge < -0.3 is 35.6 Å². The average Bonchev–Trinajstić information content (AvgIpc) is 2.48. The van der Waals surface area contributed by atoms with E-state index >= 15 is 0 Å². The van der Waals surface area contributed by atoms with Crippen LogP contribution in [0, 0.1) is 0 Å². The van der Waals surface area contributed by atoms with Gasteiger partial charge in [-0.25, -0.2) is 0 Å². The quantitative estimate of drug-likeness (QED) is 0.393. The third kappa shape index (κ3) is 3.09. The molecule has 1 fully saturated rings. The van der Waals surface area contributed by atoms with E-state index in [1.54, 1.807) is 24.3 Å². The molecule has 1 heterocycles. The monoisotopic (exact) mass is 285 g/mol. The molecule has 5 atom stereocenters. The van der Waals surface area contributed by atoms with Crippen LogP contribution in [0.4, 0.5) is 5.69 Å². The molecule has 1 aliphatic heterocycles. The Morgan fingerprint density at radius 1 is 1.05 bits per heavy atom. The van der Waals surface area contributed by atoms with Crippen LogP contribution in [-0.2, 0) is 11.3 Å². The average molecular weight is 285 g/mol. The molecule has 0 bridgehead atoms. The summed E-state index contributed by atoms with van der Waals surface area (Å²) in [6, 6.07) is 6.83. The lowest BCUT2D eigenvalue weighted by atomic mass is 9.98. The first kappa shape index (κ1) is 15.2. The van der Waals surface area contributed by atoms with Crippen molar-refractivity contribution in [2.75, 3.05) is 11.9 Å². The first-order chi connectivity index (χ1) is 9.56. The van der Waals surface area contributed by atoms with Crippen LogP contribution in [0.25, 0.3) is 0 Å². The van der Waals surface area contributed by atoms with Gasteiger partial charge in [-0.05, 0) is 17.7 Å². The van der Waals surface area contributed by atoms with E-state index < -0.39 is 37.3 Å². The van der Waals surface area contributed by atoms with Gasteiger partial charge in [0.1, 0.15) is 24.4 Å². The van der Waals surface area contributed by atoms with Crippen molar-refractivity contribution in [3.05, 3.63) is 29.8 Å². The minimum absolute atomic E-state index is 0.121. The normalized spacial score (nSPS) is 34.0. The van der Waals surface area contributed by atoms with Gasteiger partial charge in [-0.2, -0.15) is 0 Å². The van der Waals surface area contributed by atoms with Gasteiger partial charge in [-0.15, -0.1) is 0 Å². The lowest BCUT2D eigenvalue weighted by Crippen LogP contribution is -2.60. The molecular weight excluding hydrogens is 266 g/mol. The predicted molar refractivity (Wildman–Crippen MR) is 69.8 cm³/mol. The van der Waals surface area contributed by atoms with E-state index in [-0.39, 0.29) is 6.61 Å². The highest BCUT2D eigenvalue weighted by Gasteiger charge is 2.43. The zero-order valence-electron chi connectivity index (χ0n) is 10.8. The van der Waals surface area contributed by atoms with Crippen molar-refractivity contribution in [2.45, 2.75) is 37.3 Å². The number of rotatable bonds is 4. The second kappa shape index (κ2) is 6.49. The molecular formula is C13H19NO6. The van der Waals surface area contributed by atoms with Gasteiger partial charge in [0.15, 0.2) is 6.23 Å². The highest BCUT2D eigenvalue weighted by Crippen LogP contribution is 2.23. The largest absolute Gasteiger partial charge is 0.394 e. The van der Waals surface area contributed by atoms with Crippen LogP contribution in [-0.4, -0.2) is 62.8 Å². The second-order valence-electron chi connectivity index (χ2n) is 4.75. The maximum Gasteiger partial charge on any atom is 0.157 e. The third-order valence-corrected chi connectivity index (χ3v) is 3.31. The van der Waals surface area contributed by atoms with Gasteiger partial charge in [0, 0.05) is 5.69 Å². The molecule has 0 radical (unpaired) electrons. The Kier molecular flexibility index (Phi) is 4.92. The minimum Gasteiger partial charge on any atom is -0.394 e. The molecule has 0 saturated carbocycles. The molecule has 7 heteroatoms. The summed E-state index contributed by atoms with van der Waals surface area (Å²) >= 11 is 0. The number of nitrogens with one attached hydrogen (secondary N) is 1. The Hall–Kier alpha value is -1.22. The molecule has 1 aliphatic rings. The zero-order valence-corrected chi connectivity index (χ0v) is 10.8. The summed E-state index contributed by atoms with van der Waals surface area (Å²) in [7, 11) is 0. The standard InChI is InChI=1S/C13H19NO6/c15-5-7-2-1-3-8(4-7)14-13-12(19)11(18)10(17)9(6-16)20-13/h1-4,9-19H,5-6H2/t9-,10-,11+,12-,13-/m1/s1. The number of aliphatic hydroxyl groups excluding tert-OH is 5. The van der Waals surface area contributed by atoms with Crippen LogP contribution >= 0.6 is 0 Å². The molecule has 2 rings (SSSR count). The van der Waals surface area contributed by atoms with Crippen molar-refractivity contribution in [3.63, 3.8) is 0 Å². The van der Waals surface area contributed by atoms with E-state index in [1.165, 1.54) is 0 Å². The molecule has 0 spiro atoms. The number of ether oxygens (including phenoxy) is 1. The Morgan fingerprint density at radius 3 is 2.45 bits per heavy atom. The van der Waals surface area contributed by atoms with Crippen molar-refractivity contribution in [1.82, 2.24) is 0 Å². The third-order valence-electron chi connectivity index (χ3n) is 3.31. The molecule has 0 aromatic heterocycles. The Labute approximate surface area is 116 Å². The summed E-state index contributed by atoms with van der Waals surface area (Å²) in [6.45, 7) is -0.593. The smallest absolute Gasteiger partial charge is 0.157 e. The Bertz CT molecular complexity index is 441. The van der Waals surface area contributed by atoms with E-state index in [0.29, 0.717) is 11.3 Å². The van der Waals surface area contributed by atoms with Crippen molar-refractivity contribution in [2.24, 2.45) is 0 Å². The maximum atomic E-state index is 9.88. The van der Waals surface area contributed by atoms with Gasteiger partial charge >= 0.3 is 0 Å². The number of anilines is 1. The number of hydrogen-bond acceptors (Lipinski definition) is 7. The van der Waals surface area contributed by atoms with Crippen LogP contribution in [0.2, 0.25) is 0 Å². The van der Waals surface area contributed by atoms with Crippen molar-refractivity contribution in [1.29, 1.82) is 0 Å². The van der Waals surface area contributed by atoms with Crippen LogP contribution < -0.4 is 5.32 Å². The first-order valence-electron chi connectivity index (χ1n) is 6.33. The summed E-state index contributed by atoms with van der Waals surface area (Å²) in [6.07, 6.45) is -6.06. The van der Waals surface area contributed by atoms with E-state index in [0.717, 1.165) is 0 Å². The number of hydrogen-bond donors (Lipinski definition) is 6. The number of benzene rings is 1. The molecule has 112 valence electrons. The topological polar surface area (TPSA) is 122 Å². The highest BCUT2D eigenvalue weighted by molar-refractivity contribution is 5.46. The van der Waals surface area contributed by atoms with Crippen LogP contribution in [0.15, 0.2) is 24.3 Å². The highest BCUT2D eigenvalue weighted by atomic mass is 16.6. The molecule has 20 heavy (non-hydrogen) atoms. The lowest BCUT2D eigenvalue weighted by Gasteiger charge is -2.40. The molecule has 1 aromatic carbocycles. The van der Waals surface area contributed by atoms with Gasteiger partial charge in [0.2, 0.25) is 0 Å². The molecule has 1 saturated heterocycles. The van der Waals surface area contributed by atoms with Crippen molar-refractivity contribution < 1.29 is 30.3 Å². The molecule has 7 nitrogen and oxygen atoms in total. The van der Waals surface area contributed by atoms with Gasteiger partial charge in [0.05, 0.1) is 13.2 Å². The van der Waals surface area contributed by atoms with E-state index in [2.05, 4.69) is 5.32 Å². The lowest BCUT2D eigenvalue weighted by molar-refractivity contribution is -0.221. The summed E-state index contributed by atoms with van der Waals surface area (Å²) < 4.78 is 5.32. The summed E-state index contributed by atoms with van der Waals surface area (Å²) in [5.41, 5.74) is 1.26. The summed E-state index contributed by atoms with van der Waals surface area (Å²) in [4.78, 5) is 0. The Morgan fingerprint density at radius 2 is 1.80 bits per heavy atom. The minimum atomic E-state index is -1.42.